The van der Waals surface area contributed by atoms with Crippen molar-refractivity contribution in [3.63, 3.8) is 0 Å². The third kappa shape index (κ3) is 22.3. The molecule has 0 saturated heterocycles. The highest BCUT2D eigenvalue weighted by Gasteiger charge is 2.22. The van der Waals surface area contributed by atoms with Gasteiger partial charge in [-0.2, -0.15) is 0 Å². The van der Waals surface area contributed by atoms with Gasteiger partial charge in [0.1, 0.15) is 6.61 Å². The lowest BCUT2D eigenvalue weighted by Gasteiger charge is -2.18. The lowest BCUT2D eigenvalue weighted by atomic mass is 10.1. The topological polar surface area (TPSA) is 119 Å². The van der Waals surface area contributed by atoms with Crippen molar-refractivity contribution in [1.29, 1.82) is 0 Å². The summed E-state index contributed by atoms with van der Waals surface area (Å²) in [5, 5.41) is 0. The van der Waals surface area contributed by atoms with Crippen LogP contribution < -0.4 is 0 Å². The van der Waals surface area contributed by atoms with Gasteiger partial charge in [-0.25, -0.2) is 4.57 Å². The highest BCUT2D eigenvalue weighted by molar-refractivity contribution is 7.46. The number of carbonyl (C=O) groups is 2. The second-order valence-electron chi connectivity index (χ2n) is 8.32. The number of ether oxygens (including phenoxy) is 2. The van der Waals surface area contributed by atoms with E-state index in [1.807, 2.05) is 6.92 Å². The molecule has 0 aromatic carbocycles. The van der Waals surface area contributed by atoms with Crippen molar-refractivity contribution in [3.8, 4) is 0 Å². The van der Waals surface area contributed by atoms with Gasteiger partial charge in [-0.05, 0) is 12.8 Å². The lowest BCUT2D eigenvalue weighted by molar-refractivity contribution is -0.161. The minimum atomic E-state index is -4.71. The zero-order valence-corrected chi connectivity index (χ0v) is 21.0. The molecule has 2 N–H and O–H groups in total. The van der Waals surface area contributed by atoms with Crippen LogP contribution in [0.4, 0.5) is 0 Å². The summed E-state index contributed by atoms with van der Waals surface area (Å²) in [6.07, 6.45) is 15.0. The molecule has 0 aliphatic heterocycles. The van der Waals surface area contributed by atoms with Crippen LogP contribution in [-0.2, 0) is 28.2 Å². The van der Waals surface area contributed by atoms with Gasteiger partial charge in [0.05, 0.1) is 6.61 Å². The summed E-state index contributed by atoms with van der Waals surface area (Å²) in [7, 11) is -4.71. The van der Waals surface area contributed by atoms with Crippen LogP contribution >= 0.6 is 7.82 Å². The molecule has 0 heterocycles. The first-order valence-corrected chi connectivity index (χ1v) is 13.9. The fourth-order valence-corrected chi connectivity index (χ4v) is 3.61. The van der Waals surface area contributed by atoms with Crippen molar-refractivity contribution < 1.29 is 37.9 Å². The molecule has 0 aromatic heterocycles. The molecule has 8 nitrogen and oxygen atoms in total. The van der Waals surface area contributed by atoms with E-state index in [2.05, 4.69) is 11.4 Å². The maximum atomic E-state index is 11.9. The first-order valence-electron chi connectivity index (χ1n) is 12.3. The van der Waals surface area contributed by atoms with E-state index in [4.69, 9.17) is 19.3 Å². The van der Waals surface area contributed by atoms with Crippen molar-refractivity contribution in [2.75, 3.05) is 13.2 Å². The average Bonchev–Trinajstić information content (AvgIpc) is 2.73. The normalized spacial score (nSPS) is 12.5. The van der Waals surface area contributed by atoms with Crippen LogP contribution in [0, 0.1) is 0 Å². The number of unbranched alkanes of at least 4 members (excludes halogenated alkanes) is 12. The predicted octanol–water partition coefficient (Wildman–Crippen LogP) is 5.83. The molecule has 0 saturated carbocycles. The van der Waals surface area contributed by atoms with Gasteiger partial charge in [-0.3, -0.25) is 14.1 Å². The fourth-order valence-electron chi connectivity index (χ4n) is 3.25. The van der Waals surface area contributed by atoms with Gasteiger partial charge in [-0.1, -0.05) is 90.9 Å². The second-order valence-corrected chi connectivity index (χ2v) is 9.56. The van der Waals surface area contributed by atoms with Gasteiger partial charge in [0.2, 0.25) is 0 Å². The van der Waals surface area contributed by atoms with Crippen LogP contribution in [0.5, 0.6) is 0 Å². The van der Waals surface area contributed by atoms with Gasteiger partial charge in [0, 0.05) is 12.8 Å². The number of phosphoric ester groups is 1. The fraction of sp³-hybridized carbons (Fsp3) is 0.913. The summed E-state index contributed by atoms with van der Waals surface area (Å²) < 4.78 is 25.7. The maximum Gasteiger partial charge on any atom is 0.469 e. The quantitative estimate of drug-likeness (QED) is 0.113. The van der Waals surface area contributed by atoms with Crippen LogP contribution in [0.15, 0.2) is 0 Å². The molecule has 0 spiro atoms. The molecule has 0 unspecified atom stereocenters. The van der Waals surface area contributed by atoms with Gasteiger partial charge in [-0.15, -0.1) is 0 Å². The van der Waals surface area contributed by atoms with Gasteiger partial charge >= 0.3 is 19.8 Å². The number of carbonyl (C=O) groups excluding carboxylic acids is 2. The molecule has 0 aromatic rings. The summed E-state index contributed by atoms with van der Waals surface area (Å²) in [6, 6.07) is 0. The number of hydrogen-bond acceptors (Lipinski definition) is 6. The standard InChI is InChI=1S/C23H45O8P/c1-3-5-7-8-9-10-11-12-13-14-16-17-22(24)29-19-21(20-30-32(26,27)28)31-23(25)18-15-6-4-2/h21H,3-20H2,1-2H3,(H2,26,27,28)/t21-/m1/s1. The maximum absolute atomic E-state index is 11.9. The molecule has 32 heavy (non-hydrogen) atoms. The first-order chi connectivity index (χ1) is 15.3. The van der Waals surface area contributed by atoms with E-state index >= 15 is 0 Å². The second kappa shape index (κ2) is 20.6. The molecule has 0 bridgehead atoms. The molecule has 190 valence electrons. The molecule has 0 aliphatic rings. The van der Waals surface area contributed by atoms with E-state index < -0.39 is 32.5 Å². The zero-order valence-electron chi connectivity index (χ0n) is 20.1. The smallest absolute Gasteiger partial charge is 0.462 e. The Morgan fingerprint density at radius 3 is 1.66 bits per heavy atom. The van der Waals surface area contributed by atoms with Crippen molar-refractivity contribution >= 4 is 19.8 Å². The van der Waals surface area contributed by atoms with E-state index in [9.17, 15) is 14.2 Å². The number of phosphoric acid groups is 1. The summed E-state index contributed by atoms with van der Waals surface area (Å²) in [5.41, 5.74) is 0. The Balaban J connectivity index is 3.98. The van der Waals surface area contributed by atoms with Gasteiger partial charge < -0.3 is 19.3 Å². The Morgan fingerprint density at radius 2 is 1.12 bits per heavy atom. The van der Waals surface area contributed by atoms with Crippen LogP contribution in [0.2, 0.25) is 0 Å². The minimum absolute atomic E-state index is 0.201. The minimum Gasteiger partial charge on any atom is -0.462 e. The monoisotopic (exact) mass is 480 g/mol. The zero-order chi connectivity index (χ0) is 24.1. The van der Waals surface area contributed by atoms with Crippen LogP contribution in [0.25, 0.3) is 0 Å². The highest BCUT2D eigenvalue weighted by Crippen LogP contribution is 2.35. The molecule has 0 amide bonds. The molecular formula is C23H45O8P. The lowest BCUT2D eigenvalue weighted by Crippen LogP contribution is -2.29. The molecule has 0 fully saturated rings. The third-order valence-electron chi connectivity index (χ3n) is 5.13. The number of rotatable bonds is 22. The molecule has 0 radical (unpaired) electrons. The van der Waals surface area contributed by atoms with E-state index in [-0.39, 0.29) is 19.4 Å². The molecular weight excluding hydrogens is 435 g/mol. The van der Waals surface area contributed by atoms with E-state index in [0.29, 0.717) is 6.42 Å². The molecule has 1 atom stereocenters. The van der Waals surface area contributed by atoms with Crippen molar-refractivity contribution in [2.24, 2.45) is 0 Å². The molecule has 9 heteroatoms. The first kappa shape index (κ1) is 31.0. The average molecular weight is 481 g/mol. The summed E-state index contributed by atoms with van der Waals surface area (Å²) in [4.78, 5) is 41.5. The van der Waals surface area contributed by atoms with Crippen LogP contribution in [-0.4, -0.2) is 41.0 Å². The van der Waals surface area contributed by atoms with Crippen molar-refractivity contribution in [1.82, 2.24) is 0 Å². The van der Waals surface area contributed by atoms with Crippen LogP contribution in [0.1, 0.15) is 117 Å². The Morgan fingerprint density at radius 1 is 0.688 bits per heavy atom. The third-order valence-corrected chi connectivity index (χ3v) is 5.61. The Labute approximate surface area is 194 Å². The van der Waals surface area contributed by atoms with Gasteiger partial charge in [0.25, 0.3) is 0 Å². The number of esters is 2. The molecule has 0 rings (SSSR count). The summed E-state index contributed by atoms with van der Waals surface area (Å²) in [5.74, 6) is -0.914. The SMILES string of the molecule is CCCCCCCCCCCCCC(=O)OC[C@H](COP(=O)(O)O)OC(=O)CCCCC. The Hall–Kier alpha value is -0.950. The van der Waals surface area contributed by atoms with Crippen molar-refractivity contribution in [3.05, 3.63) is 0 Å². The Bertz CT molecular complexity index is 520. The van der Waals surface area contributed by atoms with Crippen molar-refractivity contribution in [2.45, 2.75) is 123 Å². The summed E-state index contributed by atoms with van der Waals surface area (Å²) >= 11 is 0. The van der Waals surface area contributed by atoms with Gasteiger partial charge in [0.15, 0.2) is 6.10 Å². The van der Waals surface area contributed by atoms with Crippen LogP contribution in [0.3, 0.4) is 0 Å². The van der Waals surface area contributed by atoms with E-state index in [1.54, 1.807) is 0 Å². The van der Waals surface area contributed by atoms with E-state index in [1.165, 1.54) is 51.4 Å². The van der Waals surface area contributed by atoms with E-state index in [0.717, 1.165) is 32.1 Å². The summed E-state index contributed by atoms with van der Waals surface area (Å²) in [6.45, 7) is 3.42. The predicted molar refractivity (Wildman–Crippen MR) is 124 cm³/mol. The number of hydrogen-bond donors (Lipinski definition) is 2. The highest BCUT2D eigenvalue weighted by atomic mass is 31.2. The molecule has 0 aliphatic carbocycles. The Kier molecular flexibility index (Phi) is 20.0. The largest absolute Gasteiger partial charge is 0.469 e.